The SMILES string of the molecule is O=S(=O)(Nc1cn[nH]c1)c1cccc2nonc12. The summed E-state index contributed by atoms with van der Waals surface area (Å²) in [6.07, 6.45) is 2.79. The number of hydrogen-bond donors (Lipinski definition) is 2. The Morgan fingerprint density at radius 2 is 2.17 bits per heavy atom. The second-order valence-corrected chi connectivity index (χ2v) is 5.13. The van der Waals surface area contributed by atoms with Gasteiger partial charge in [-0.1, -0.05) is 6.07 Å². The van der Waals surface area contributed by atoms with Crippen molar-refractivity contribution in [2.24, 2.45) is 0 Å². The van der Waals surface area contributed by atoms with Crippen molar-refractivity contribution in [2.75, 3.05) is 4.72 Å². The van der Waals surface area contributed by atoms with Crippen molar-refractivity contribution in [3.05, 3.63) is 30.6 Å². The largest absolute Gasteiger partial charge is 0.284 e. The highest BCUT2D eigenvalue weighted by Crippen LogP contribution is 2.21. The second kappa shape index (κ2) is 3.81. The monoisotopic (exact) mass is 265 g/mol. The molecule has 2 N–H and O–H groups in total. The molecule has 0 amide bonds. The molecule has 0 aliphatic heterocycles. The van der Waals surface area contributed by atoms with Gasteiger partial charge < -0.3 is 0 Å². The quantitative estimate of drug-likeness (QED) is 0.722. The molecular weight excluding hydrogens is 258 g/mol. The van der Waals surface area contributed by atoms with Crippen molar-refractivity contribution in [2.45, 2.75) is 4.90 Å². The van der Waals surface area contributed by atoms with Gasteiger partial charge in [-0.3, -0.25) is 9.82 Å². The van der Waals surface area contributed by atoms with Gasteiger partial charge in [0.25, 0.3) is 10.0 Å². The van der Waals surface area contributed by atoms with Crippen molar-refractivity contribution in [3.8, 4) is 0 Å². The van der Waals surface area contributed by atoms with E-state index < -0.39 is 10.0 Å². The van der Waals surface area contributed by atoms with E-state index in [-0.39, 0.29) is 10.4 Å². The fourth-order valence-corrected chi connectivity index (χ4v) is 2.70. The summed E-state index contributed by atoms with van der Waals surface area (Å²) < 4.78 is 31.2. The molecule has 3 rings (SSSR count). The van der Waals surface area contributed by atoms with E-state index in [0.717, 1.165) is 0 Å². The second-order valence-electron chi connectivity index (χ2n) is 3.48. The van der Waals surface area contributed by atoms with Crippen molar-refractivity contribution >= 4 is 26.7 Å². The van der Waals surface area contributed by atoms with Gasteiger partial charge in [0.1, 0.15) is 10.4 Å². The molecule has 8 nitrogen and oxygen atoms in total. The number of anilines is 1. The molecule has 0 atom stereocenters. The van der Waals surface area contributed by atoms with Gasteiger partial charge >= 0.3 is 0 Å². The van der Waals surface area contributed by atoms with Crippen molar-refractivity contribution < 1.29 is 13.0 Å². The zero-order valence-electron chi connectivity index (χ0n) is 8.86. The Labute approximate surface area is 101 Å². The Morgan fingerprint density at radius 3 is 2.94 bits per heavy atom. The van der Waals surface area contributed by atoms with E-state index >= 15 is 0 Å². The lowest BCUT2D eigenvalue weighted by Crippen LogP contribution is -2.12. The summed E-state index contributed by atoms with van der Waals surface area (Å²) in [4.78, 5) is 0.00227. The maximum Gasteiger partial charge on any atom is 0.264 e. The third-order valence-corrected chi connectivity index (χ3v) is 3.70. The van der Waals surface area contributed by atoms with Gasteiger partial charge in [0, 0.05) is 6.20 Å². The van der Waals surface area contributed by atoms with Crippen LogP contribution in [0, 0.1) is 0 Å². The third kappa shape index (κ3) is 1.70. The molecule has 9 heteroatoms. The number of fused-ring (bicyclic) bond motifs is 1. The van der Waals surface area contributed by atoms with Crippen LogP contribution in [0.15, 0.2) is 40.1 Å². The molecule has 0 saturated carbocycles. The van der Waals surface area contributed by atoms with Crippen LogP contribution in [0.2, 0.25) is 0 Å². The molecule has 0 radical (unpaired) electrons. The number of aromatic nitrogens is 4. The first-order valence-corrected chi connectivity index (χ1v) is 6.38. The molecule has 18 heavy (non-hydrogen) atoms. The van der Waals surface area contributed by atoms with E-state index in [4.69, 9.17) is 0 Å². The van der Waals surface area contributed by atoms with E-state index in [1.807, 2.05) is 0 Å². The standard InChI is InChI=1S/C9H7N5O3S/c15-18(16,14-6-4-10-11-5-6)8-3-1-2-7-9(8)13-17-12-7/h1-5,14H,(H,10,11). The summed E-state index contributed by atoms with van der Waals surface area (Å²) in [6.45, 7) is 0. The van der Waals surface area contributed by atoms with E-state index in [0.29, 0.717) is 11.2 Å². The smallest absolute Gasteiger partial charge is 0.264 e. The van der Waals surface area contributed by atoms with E-state index in [9.17, 15) is 8.42 Å². The fourth-order valence-electron chi connectivity index (χ4n) is 1.52. The van der Waals surface area contributed by atoms with Crippen LogP contribution in [0.25, 0.3) is 11.0 Å². The number of rotatable bonds is 3. The van der Waals surface area contributed by atoms with Gasteiger partial charge in [0.15, 0.2) is 5.52 Å². The van der Waals surface area contributed by atoms with E-state index in [1.54, 1.807) is 12.1 Å². The number of aromatic amines is 1. The molecule has 0 aliphatic carbocycles. The Morgan fingerprint density at radius 1 is 1.28 bits per heavy atom. The number of benzene rings is 1. The van der Waals surface area contributed by atoms with Gasteiger partial charge in [-0.2, -0.15) is 5.10 Å². The first kappa shape index (κ1) is 10.7. The van der Waals surface area contributed by atoms with Crippen LogP contribution in [-0.2, 0) is 10.0 Å². The number of nitrogens with zero attached hydrogens (tertiary/aromatic N) is 3. The van der Waals surface area contributed by atoms with Crippen molar-refractivity contribution in [1.82, 2.24) is 20.5 Å². The van der Waals surface area contributed by atoms with Crippen LogP contribution >= 0.6 is 0 Å². The van der Waals surface area contributed by atoms with Crippen LogP contribution in [0.3, 0.4) is 0 Å². The molecule has 2 aromatic heterocycles. The Balaban J connectivity index is 2.11. The minimum absolute atomic E-state index is 0.00227. The first-order chi connectivity index (χ1) is 8.67. The summed E-state index contributed by atoms with van der Waals surface area (Å²) in [6, 6.07) is 4.61. The normalized spacial score (nSPS) is 11.8. The molecule has 1 aromatic carbocycles. The molecule has 0 fully saturated rings. The molecule has 0 saturated heterocycles. The predicted molar refractivity (Wildman–Crippen MR) is 61.2 cm³/mol. The average Bonchev–Trinajstić information content (AvgIpc) is 2.97. The van der Waals surface area contributed by atoms with E-state index in [1.165, 1.54) is 18.5 Å². The van der Waals surface area contributed by atoms with Crippen LogP contribution in [0.5, 0.6) is 0 Å². The highest BCUT2D eigenvalue weighted by Gasteiger charge is 2.20. The van der Waals surface area contributed by atoms with Crippen molar-refractivity contribution in [3.63, 3.8) is 0 Å². The summed E-state index contributed by atoms with van der Waals surface area (Å²) in [7, 11) is -3.75. The molecule has 0 bridgehead atoms. The van der Waals surface area contributed by atoms with Gasteiger partial charge in [0.2, 0.25) is 0 Å². The molecular formula is C9H7N5O3S. The lowest BCUT2D eigenvalue weighted by atomic mass is 10.3. The molecule has 0 unspecified atom stereocenters. The molecule has 0 aliphatic rings. The predicted octanol–water partition coefficient (Wildman–Crippen LogP) is 0.747. The van der Waals surface area contributed by atoms with Gasteiger partial charge in [-0.15, -0.1) is 0 Å². The van der Waals surface area contributed by atoms with Crippen LogP contribution in [0.1, 0.15) is 0 Å². The number of H-pyrrole nitrogens is 1. The minimum atomic E-state index is -3.75. The lowest BCUT2D eigenvalue weighted by molar-refractivity contribution is 0.315. The van der Waals surface area contributed by atoms with Crippen LogP contribution in [-0.4, -0.2) is 28.9 Å². The molecule has 2 heterocycles. The number of hydrogen-bond acceptors (Lipinski definition) is 6. The molecule has 92 valence electrons. The third-order valence-electron chi connectivity index (χ3n) is 2.29. The van der Waals surface area contributed by atoms with Crippen molar-refractivity contribution in [1.29, 1.82) is 0 Å². The van der Waals surface area contributed by atoms with Gasteiger partial charge in [-0.25, -0.2) is 13.0 Å². The maximum atomic E-state index is 12.1. The summed E-state index contributed by atoms with van der Waals surface area (Å²) >= 11 is 0. The Kier molecular flexibility index (Phi) is 2.27. The highest BCUT2D eigenvalue weighted by atomic mass is 32.2. The number of nitrogens with one attached hydrogen (secondary N) is 2. The summed E-state index contributed by atoms with van der Waals surface area (Å²) in [5.74, 6) is 0. The Hall–Kier alpha value is -2.42. The average molecular weight is 265 g/mol. The highest BCUT2D eigenvalue weighted by molar-refractivity contribution is 7.93. The van der Waals surface area contributed by atoms with Gasteiger partial charge in [-0.05, 0) is 22.4 Å². The number of sulfonamides is 1. The molecule has 3 aromatic rings. The van der Waals surface area contributed by atoms with Crippen LogP contribution < -0.4 is 4.72 Å². The van der Waals surface area contributed by atoms with E-state index in [2.05, 4.69) is 29.9 Å². The molecule has 0 spiro atoms. The van der Waals surface area contributed by atoms with Gasteiger partial charge in [0.05, 0.1) is 11.9 Å². The minimum Gasteiger partial charge on any atom is -0.284 e. The Bertz CT molecular complexity index is 778. The lowest BCUT2D eigenvalue weighted by Gasteiger charge is -2.04. The fraction of sp³-hybridized carbons (Fsp3) is 0. The zero-order valence-corrected chi connectivity index (χ0v) is 9.68. The summed E-state index contributed by atoms with van der Waals surface area (Å²) in [5.41, 5.74) is 0.905. The topological polar surface area (TPSA) is 114 Å². The summed E-state index contributed by atoms with van der Waals surface area (Å²) in [5, 5.41) is 13.3. The van der Waals surface area contributed by atoms with Crippen LogP contribution in [0.4, 0.5) is 5.69 Å². The zero-order chi connectivity index (χ0) is 12.6. The maximum absolute atomic E-state index is 12.1. The first-order valence-electron chi connectivity index (χ1n) is 4.90.